The number of hydrogen-bond donors (Lipinski definition) is 1. The Labute approximate surface area is 116 Å². The molecule has 3 rings (SSSR count). The van der Waals surface area contributed by atoms with Gasteiger partial charge in [0, 0.05) is 18.2 Å². The van der Waals surface area contributed by atoms with E-state index in [4.69, 9.17) is 10.00 Å². The molecule has 0 aromatic heterocycles. The summed E-state index contributed by atoms with van der Waals surface area (Å²) >= 11 is 0. The van der Waals surface area contributed by atoms with E-state index in [1.54, 1.807) is 18.2 Å². The molecule has 2 heterocycles. The summed E-state index contributed by atoms with van der Waals surface area (Å²) in [6.07, 6.45) is 0.731. The predicted octanol–water partition coefficient (Wildman–Crippen LogP) is 1.21. The van der Waals surface area contributed by atoms with E-state index in [0.717, 1.165) is 12.0 Å². The van der Waals surface area contributed by atoms with Crippen LogP contribution in [0.3, 0.4) is 0 Å². The smallest absolute Gasteiger partial charge is 0.240 e. The Hall–Kier alpha value is -2.13. The lowest BCUT2D eigenvalue weighted by Crippen LogP contribution is -2.31. The van der Waals surface area contributed by atoms with Crippen LogP contribution in [0.25, 0.3) is 0 Å². The van der Waals surface area contributed by atoms with Crippen LogP contribution in [0, 0.1) is 11.3 Å². The molecule has 1 aromatic rings. The van der Waals surface area contributed by atoms with Gasteiger partial charge in [0.05, 0.1) is 17.7 Å². The third-order valence-electron chi connectivity index (χ3n) is 3.60. The van der Waals surface area contributed by atoms with E-state index in [1.807, 2.05) is 11.1 Å². The second-order valence-corrected chi connectivity index (χ2v) is 4.96. The van der Waals surface area contributed by atoms with E-state index in [9.17, 15) is 4.39 Å². The van der Waals surface area contributed by atoms with Crippen molar-refractivity contribution < 1.29 is 9.13 Å². The van der Waals surface area contributed by atoms with Crippen LogP contribution >= 0.6 is 0 Å². The number of nitrogens with one attached hydrogen (secondary N) is 1. The Balaban J connectivity index is 1.73. The van der Waals surface area contributed by atoms with Crippen molar-refractivity contribution in [3.05, 3.63) is 35.4 Å². The minimum absolute atomic E-state index is 0.0823. The number of alkyl halides is 1. The first-order chi connectivity index (χ1) is 9.80. The minimum atomic E-state index is -0.355. The molecule has 1 aromatic carbocycles. The number of halogens is 1. The summed E-state index contributed by atoms with van der Waals surface area (Å²) in [6.45, 7) is 0.733. The maximum atomic E-state index is 12.6. The van der Waals surface area contributed by atoms with Gasteiger partial charge in [0.25, 0.3) is 0 Å². The summed E-state index contributed by atoms with van der Waals surface area (Å²) in [5.74, 6) is 0.519. The van der Waals surface area contributed by atoms with E-state index < -0.39 is 0 Å². The van der Waals surface area contributed by atoms with Crippen LogP contribution in [0.2, 0.25) is 0 Å². The molecular formula is C14H15FN4O. The van der Waals surface area contributed by atoms with E-state index in [1.165, 1.54) is 0 Å². The SMILES string of the molecule is N#Cc1cccc(C2=NN([C@H]3CN[C@H](CF)C3)CO2)c1. The van der Waals surface area contributed by atoms with Crippen molar-refractivity contribution in [2.24, 2.45) is 5.10 Å². The van der Waals surface area contributed by atoms with E-state index >= 15 is 0 Å². The number of nitriles is 1. The number of ether oxygens (including phenoxy) is 1. The normalized spacial score (nSPS) is 25.2. The van der Waals surface area contributed by atoms with Crippen molar-refractivity contribution in [2.45, 2.75) is 18.5 Å². The molecule has 0 bridgehead atoms. The second kappa shape index (κ2) is 5.47. The van der Waals surface area contributed by atoms with Gasteiger partial charge < -0.3 is 10.1 Å². The molecule has 2 aliphatic heterocycles. The van der Waals surface area contributed by atoms with Gasteiger partial charge >= 0.3 is 0 Å². The molecule has 20 heavy (non-hydrogen) atoms. The summed E-state index contributed by atoms with van der Waals surface area (Å²) in [4.78, 5) is 0. The van der Waals surface area contributed by atoms with Crippen LogP contribution in [-0.4, -0.2) is 42.9 Å². The van der Waals surface area contributed by atoms with Crippen LogP contribution in [0.1, 0.15) is 17.5 Å². The number of benzene rings is 1. The molecule has 0 unspecified atom stereocenters. The van der Waals surface area contributed by atoms with Gasteiger partial charge in [-0.15, -0.1) is 5.10 Å². The van der Waals surface area contributed by atoms with Crippen LogP contribution in [0.4, 0.5) is 4.39 Å². The molecule has 1 fully saturated rings. The molecule has 6 heteroatoms. The highest BCUT2D eigenvalue weighted by Crippen LogP contribution is 2.20. The third kappa shape index (κ3) is 2.45. The van der Waals surface area contributed by atoms with Gasteiger partial charge in [0.2, 0.25) is 5.90 Å². The first kappa shape index (κ1) is 12.9. The standard InChI is InChI=1S/C14H15FN4O/c15-6-12-5-13(8-17-12)19-9-20-14(18-19)11-3-1-2-10(4-11)7-16/h1-4,12-13,17H,5-6,8-9H2/t12-,13+/m0/s1. The monoisotopic (exact) mass is 274 g/mol. The van der Waals surface area contributed by atoms with E-state index in [-0.39, 0.29) is 18.8 Å². The van der Waals surface area contributed by atoms with Crippen molar-refractivity contribution >= 4 is 5.90 Å². The van der Waals surface area contributed by atoms with Gasteiger partial charge in [0.1, 0.15) is 6.67 Å². The fraction of sp³-hybridized carbons (Fsp3) is 0.429. The van der Waals surface area contributed by atoms with Gasteiger partial charge in [-0.2, -0.15) is 5.26 Å². The molecule has 0 spiro atoms. The number of hydrogen-bond acceptors (Lipinski definition) is 5. The first-order valence-electron chi connectivity index (χ1n) is 6.58. The van der Waals surface area contributed by atoms with Crippen molar-refractivity contribution in [3.63, 3.8) is 0 Å². The Morgan fingerprint density at radius 3 is 3.20 bits per heavy atom. The maximum Gasteiger partial charge on any atom is 0.240 e. The average Bonchev–Trinajstić information content (AvgIpc) is 3.15. The van der Waals surface area contributed by atoms with Gasteiger partial charge in [-0.1, -0.05) is 6.07 Å². The molecule has 2 atom stereocenters. The summed E-state index contributed by atoms with van der Waals surface area (Å²) in [6, 6.07) is 9.33. The molecule has 2 aliphatic rings. The number of nitrogens with zero attached hydrogens (tertiary/aromatic N) is 3. The number of hydrazone groups is 1. The summed E-state index contributed by atoms with van der Waals surface area (Å²) in [7, 11) is 0. The summed E-state index contributed by atoms with van der Waals surface area (Å²) in [5, 5.41) is 18.3. The zero-order chi connectivity index (χ0) is 13.9. The molecule has 0 radical (unpaired) electrons. The van der Waals surface area contributed by atoms with Gasteiger partial charge in [-0.3, -0.25) is 5.01 Å². The molecule has 0 saturated carbocycles. The van der Waals surface area contributed by atoms with Crippen molar-refractivity contribution in [1.29, 1.82) is 5.26 Å². The molecular weight excluding hydrogens is 259 g/mol. The van der Waals surface area contributed by atoms with E-state index in [0.29, 0.717) is 24.7 Å². The first-order valence-corrected chi connectivity index (χ1v) is 6.58. The molecule has 0 aliphatic carbocycles. The Bertz CT molecular complexity index is 569. The van der Waals surface area contributed by atoms with Crippen molar-refractivity contribution in [1.82, 2.24) is 10.3 Å². The zero-order valence-electron chi connectivity index (χ0n) is 10.9. The van der Waals surface area contributed by atoms with Crippen molar-refractivity contribution in [2.75, 3.05) is 20.0 Å². The Morgan fingerprint density at radius 1 is 1.55 bits per heavy atom. The third-order valence-corrected chi connectivity index (χ3v) is 3.60. The van der Waals surface area contributed by atoms with Crippen molar-refractivity contribution in [3.8, 4) is 6.07 Å². The highest BCUT2D eigenvalue weighted by Gasteiger charge is 2.31. The van der Waals surface area contributed by atoms with Gasteiger partial charge in [0.15, 0.2) is 6.73 Å². The summed E-state index contributed by atoms with van der Waals surface area (Å²) < 4.78 is 18.2. The lowest BCUT2D eigenvalue weighted by molar-refractivity contribution is 0.128. The summed E-state index contributed by atoms with van der Waals surface area (Å²) in [5.41, 5.74) is 1.37. The van der Waals surface area contributed by atoms with Crippen LogP contribution < -0.4 is 5.32 Å². The second-order valence-electron chi connectivity index (χ2n) is 4.96. The van der Waals surface area contributed by atoms with Crippen LogP contribution in [-0.2, 0) is 4.74 Å². The zero-order valence-corrected chi connectivity index (χ0v) is 10.9. The molecule has 0 amide bonds. The lowest BCUT2D eigenvalue weighted by Gasteiger charge is -2.18. The fourth-order valence-corrected chi connectivity index (χ4v) is 2.49. The molecule has 104 valence electrons. The van der Waals surface area contributed by atoms with Crippen LogP contribution in [0.5, 0.6) is 0 Å². The van der Waals surface area contributed by atoms with Crippen LogP contribution in [0.15, 0.2) is 29.4 Å². The largest absolute Gasteiger partial charge is 0.453 e. The van der Waals surface area contributed by atoms with Gasteiger partial charge in [-0.05, 0) is 24.6 Å². The molecule has 5 nitrogen and oxygen atoms in total. The maximum absolute atomic E-state index is 12.6. The Kier molecular flexibility index (Phi) is 3.52. The minimum Gasteiger partial charge on any atom is -0.453 e. The fourth-order valence-electron chi connectivity index (χ4n) is 2.49. The van der Waals surface area contributed by atoms with E-state index in [2.05, 4.69) is 16.5 Å². The number of rotatable bonds is 3. The highest BCUT2D eigenvalue weighted by atomic mass is 19.1. The lowest BCUT2D eigenvalue weighted by atomic mass is 10.1. The molecule has 1 saturated heterocycles. The average molecular weight is 274 g/mol. The highest BCUT2D eigenvalue weighted by molar-refractivity contribution is 5.94. The molecule has 1 N–H and O–H groups in total. The quantitative estimate of drug-likeness (QED) is 0.900. The van der Waals surface area contributed by atoms with Gasteiger partial charge in [-0.25, -0.2) is 4.39 Å². The Morgan fingerprint density at radius 2 is 2.45 bits per heavy atom. The predicted molar refractivity (Wildman–Crippen MR) is 71.7 cm³/mol. The topological polar surface area (TPSA) is 60.7 Å².